The molecule has 2 amide bonds. The van der Waals surface area contributed by atoms with Crippen LogP contribution < -0.4 is 10.6 Å². The molecule has 1 heterocycles. The van der Waals surface area contributed by atoms with Crippen LogP contribution in [0.25, 0.3) is 0 Å². The molecule has 0 aromatic carbocycles. The Bertz CT molecular complexity index is 434. The van der Waals surface area contributed by atoms with Crippen molar-refractivity contribution in [2.24, 2.45) is 5.92 Å². The lowest BCUT2D eigenvalue weighted by Crippen LogP contribution is -2.44. The molecule has 3 N–H and O–H groups in total. The van der Waals surface area contributed by atoms with Crippen LogP contribution >= 0.6 is 0 Å². The molecule has 1 rings (SSSR count). The lowest BCUT2D eigenvalue weighted by Gasteiger charge is -2.16. The molecular weight excluding hydrogens is 272 g/mol. The molecule has 0 aliphatic carbocycles. The fourth-order valence-corrected chi connectivity index (χ4v) is 3.66. The highest BCUT2D eigenvalue weighted by Crippen LogP contribution is 2.11. The second kappa shape index (κ2) is 6.74. The van der Waals surface area contributed by atoms with Crippen LogP contribution in [0.2, 0.25) is 0 Å². The van der Waals surface area contributed by atoms with Gasteiger partial charge < -0.3 is 15.7 Å². The van der Waals surface area contributed by atoms with Gasteiger partial charge in [0, 0.05) is 19.0 Å². The first-order valence-electron chi connectivity index (χ1n) is 6.29. The zero-order valence-corrected chi connectivity index (χ0v) is 11.7. The van der Waals surface area contributed by atoms with Gasteiger partial charge in [-0.15, -0.1) is 0 Å². The number of carbonyl (C=O) groups excluding carboxylic acids is 1. The third-order valence-corrected chi connectivity index (χ3v) is 4.93. The zero-order valence-electron chi connectivity index (χ0n) is 10.9. The predicted octanol–water partition coefficient (Wildman–Crippen LogP) is -0.0264. The Hall–Kier alpha value is -1.31. The van der Waals surface area contributed by atoms with Crippen molar-refractivity contribution in [2.45, 2.75) is 32.2 Å². The molecule has 1 aliphatic rings. The summed E-state index contributed by atoms with van der Waals surface area (Å²) in [7, 11) is -3.01. The summed E-state index contributed by atoms with van der Waals surface area (Å²) in [5, 5.41) is 13.8. The van der Waals surface area contributed by atoms with Crippen molar-refractivity contribution >= 4 is 21.8 Å². The molecular formula is C11H20N2O5S. The number of sulfone groups is 1. The third-order valence-electron chi connectivity index (χ3n) is 3.16. The number of aliphatic carboxylic acids is 1. The average Bonchev–Trinajstić information content (AvgIpc) is 2.63. The van der Waals surface area contributed by atoms with E-state index in [0.717, 1.165) is 0 Å². The maximum absolute atomic E-state index is 11.6. The van der Waals surface area contributed by atoms with Gasteiger partial charge in [0.1, 0.15) is 0 Å². The first-order chi connectivity index (χ1) is 8.82. The molecule has 0 saturated carbocycles. The van der Waals surface area contributed by atoms with E-state index in [9.17, 15) is 18.0 Å². The molecule has 19 heavy (non-hydrogen) atoms. The largest absolute Gasteiger partial charge is 0.481 e. The molecule has 1 saturated heterocycles. The SMILES string of the molecule is CCC(CNC(=O)NC1CCS(=O)(=O)C1)CC(=O)O. The van der Waals surface area contributed by atoms with Crippen molar-refractivity contribution < 1.29 is 23.1 Å². The predicted molar refractivity (Wildman–Crippen MR) is 69.6 cm³/mol. The molecule has 0 aromatic rings. The molecule has 7 nitrogen and oxygen atoms in total. The smallest absolute Gasteiger partial charge is 0.315 e. The van der Waals surface area contributed by atoms with Crippen LogP contribution in [-0.4, -0.2) is 49.6 Å². The van der Waals surface area contributed by atoms with Gasteiger partial charge in [-0.25, -0.2) is 13.2 Å². The van der Waals surface area contributed by atoms with E-state index in [1.54, 1.807) is 0 Å². The van der Waals surface area contributed by atoms with Gasteiger partial charge in [0.05, 0.1) is 11.5 Å². The molecule has 2 unspecified atom stereocenters. The van der Waals surface area contributed by atoms with E-state index in [-0.39, 0.29) is 36.4 Å². The second-order valence-electron chi connectivity index (χ2n) is 4.83. The van der Waals surface area contributed by atoms with Crippen molar-refractivity contribution in [3.05, 3.63) is 0 Å². The number of carbonyl (C=O) groups is 2. The van der Waals surface area contributed by atoms with Crippen LogP contribution in [0.3, 0.4) is 0 Å². The van der Waals surface area contributed by atoms with Crippen LogP contribution in [-0.2, 0) is 14.6 Å². The first kappa shape index (κ1) is 15.7. The number of carboxylic acid groups (broad SMARTS) is 1. The Labute approximate surface area is 112 Å². The van der Waals surface area contributed by atoms with E-state index in [1.165, 1.54) is 0 Å². The zero-order chi connectivity index (χ0) is 14.5. The Balaban J connectivity index is 2.29. The number of hydrogen-bond donors (Lipinski definition) is 3. The highest BCUT2D eigenvalue weighted by molar-refractivity contribution is 7.91. The van der Waals surface area contributed by atoms with E-state index in [0.29, 0.717) is 12.8 Å². The lowest BCUT2D eigenvalue weighted by atomic mass is 10.0. The normalized spacial score (nSPS) is 22.7. The van der Waals surface area contributed by atoms with Gasteiger partial charge >= 0.3 is 12.0 Å². The fraction of sp³-hybridized carbons (Fsp3) is 0.818. The Kier molecular flexibility index (Phi) is 5.59. The topological polar surface area (TPSA) is 113 Å². The van der Waals surface area contributed by atoms with Gasteiger partial charge in [-0.1, -0.05) is 13.3 Å². The summed E-state index contributed by atoms with van der Waals surface area (Å²) in [5.41, 5.74) is 0. The van der Waals surface area contributed by atoms with Crippen molar-refractivity contribution in [1.82, 2.24) is 10.6 Å². The summed E-state index contributed by atoms with van der Waals surface area (Å²) >= 11 is 0. The maximum atomic E-state index is 11.6. The average molecular weight is 292 g/mol. The van der Waals surface area contributed by atoms with Gasteiger partial charge in [-0.05, 0) is 12.3 Å². The van der Waals surface area contributed by atoms with Crippen LogP contribution in [0, 0.1) is 5.92 Å². The Morgan fingerprint density at radius 2 is 2.11 bits per heavy atom. The van der Waals surface area contributed by atoms with E-state index < -0.39 is 21.8 Å². The summed E-state index contributed by atoms with van der Waals surface area (Å²) in [5.74, 6) is -0.923. The Morgan fingerprint density at radius 3 is 2.58 bits per heavy atom. The molecule has 8 heteroatoms. The lowest BCUT2D eigenvalue weighted by molar-refractivity contribution is -0.138. The number of rotatable bonds is 6. The monoisotopic (exact) mass is 292 g/mol. The van der Waals surface area contributed by atoms with Gasteiger partial charge in [0.15, 0.2) is 9.84 Å². The highest BCUT2D eigenvalue weighted by atomic mass is 32.2. The molecule has 0 aromatic heterocycles. The van der Waals surface area contributed by atoms with E-state index in [1.807, 2.05) is 6.92 Å². The number of urea groups is 1. The highest BCUT2D eigenvalue weighted by Gasteiger charge is 2.28. The summed E-state index contributed by atoms with van der Waals surface area (Å²) in [4.78, 5) is 22.1. The van der Waals surface area contributed by atoms with Crippen molar-refractivity contribution in [3.8, 4) is 0 Å². The molecule has 110 valence electrons. The minimum absolute atomic E-state index is 0.00852. The Morgan fingerprint density at radius 1 is 1.42 bits per heavy atom. The number of nitrogens with one attached hydrogen (secondary N) is 2. The standard InChI is InChI=1S/C11H20N2O5S/c1-2-8(5-10(14)15)6-12-11(16)13-9-3-4-19(17,18)7-9/h8-9H,2-7H2,1H3,(H,14,15)(H2,12,13,16). The quantitative estimate of drug-likeness (QED) is 0.636. The number of amides is 2. The van der Waals surface area contributed by atoms with Crippen LogP contribution in [0.15, 0.2) is 0 Å². The summed E-state index contributed by atoms with van der Waals surface area (Å²) in [6, 6.07) is -0.782. The van der Waals surface area contributed by atoms with Crippen molar-refractivity contribution in [2.75, 3.05) is 18.1 Å². The third kappa shape index (κ3) is 5.91. The fourth-order valence-electron chi connectivity index (χ4n) is 1.99. The molecule has 0 bridgehead atoms. The van der Waals surface area contributed by atoms with E-state index in [4.69, 9.17) is 5.11 Å². The summed E-state index contributed by atoms with van der Waals surface area (Å²) < 4.78 is 22.4. The molecule has 0 radical (unpaired) electrons. The number of carboxylic acids is 1. The minimum atomic E-state index is -3.01. The minimum Gasteiger partial charge on any atom is -0.481 e. The first-order valence-corrected chi connectivity index (χ1v) is 8.11. The summed E-state index contributed by atoms with van der Waals surface area (Å²) in [6.07, 6.45) is 1.10. The second-order valence-corrected chi connectivity index (χ2v) is 7.06. The number of hydrogen-bond acceptors (Lipinski definition) is 4. The molecule has 2 atom stereocenters. The van der Waals surface area contributed by atoms with Crippen molar-refractivity contribution in [1.29, 1.82) is 0 Å². The van der Waals surface area contributed by atoms with E-state index in [2.05, 4.69) is 10.6 Å². The van der Waals surface area contributed by atoms with Crippen LogP contribution in [0.5, 0.6) is 0 Å². The van der Waals surface area contributed by atoms with E-state index >= 15 is 0 Å². The van der Waals surface area contributed by atoms with Gasteiger partial charge in [-0.3, -0.25) is 4.79 Å². The molecule has 1 fully saturated rings. The molecule has 1 aliphatic heterocycles. The van der Waals surface area contributed by atoms with Gasteiger partial charge in [-0.2, -0.15) is 0 Å². The van der Waals surface area contributed by atoms with Crippen LogP contribution in [0.4, 0.5) is 4.79 Å². The molecule has 0 spiro atoms. The van der Waals surface area contributed by atoms with Crippen LogP contribution in [0.1, 0.15) is 26.2 Å². The maximum Gasteiger partial charge on any atom is 0.315 e. The van der Waals surface area contributed by atoms with Crippen molar-refractivity contribution in [3.63, 3.8) is 0 Å². The van der Waals surface area contributed by atoms with Gasteiger partial charge in [0.2, 0.25) is 0 Å². The summed E-state index contributed by atoms with van der Waals surface area (Å²) in [6.45, 7) is 2.13. The van der Waals surface area contributed by atoms with Gasteiger partial charge in [0.25, 0.3) is 0 Å².